The molecule has 0 atom stereocenters. The molecule has 0 amide bonds. The van der Waals surface area contributed by atoms with Gasteiger partial charge in [0.25, 0.3) is 0 Å². The minimum Gasteiger partial charge on any atom is -0.398 e. The third kappa shape index (κ3) is 3.58. The summed E-state index contributed by atoms with van der Waals surface area (Å²) in [4.78, 5) is 0.0569. The third-order valence-corrected chi connectivity index (χ3v) is 5.90. The smallest absolute Gasteiger partial charge is 0.245 e. The second-order valence-electron chi connectivity index (χ2n) is 4.53. The molecular formula is C14H14BrClN2O2S. The zero-order valence-electron chi connectivity index (χ0n) is 11.3. The number of halogens is 2. The van der Waals surface area contributed by atoms with Gasteiger partial charge in [-0.1, -0.05) is 45.7 Å². The number of nitrogens with two attached hydrogens (primary N) is 1. The molecule has 0 heterocycles. The van der Waals surface area contributed by atoms with Gasteiger partial charge in [0.2, 0.25) is 10.0 Å². The van der Waals surface area contributed by atoms with Gasteiger partial charge in [0, 0.05) is 23.1 Å². The zero-order valence-corrected chi connectivity index (χ0v) is 14.4. The molecule has 2 aromatic carbocycles. The van der Waals surface area contributed by atoms with Crippen molar-refractivity contribution in [2.24, 2.45) is 0 Å². The summed E-state index contributed by atoms with van der Waals surface area (Å²) in [5.74, 6) is 0. The lowest BCUT2D eigenvalue weighted by molar-refractivity contribution is 0.466. The Morgan fingerprint density at radius 2 is 1.90 bits per heavy atom. The van der Waals surface area contributed by atoms with Crippen LogP contribution in [0.25, 0.3) is 0 Å². The lowest BCUT2D eigenvalue weighted by Crippen LogP contribution is -2.27. The second-order valence-corrected chi connectivity index (χ2v) is 7.84. The number of nitrogen functional groups attached to an aromatic ring is 1. The first-order chi connectivity index (χ1) is 9.82. The maximum atomic E-state index is 12.6. The molecule has 2 aromatic rings. The summed E-state index contributed by atoms with van der Waals surface area (Å²) in [6, 6.07) is 11.8. The molecule has 0 aliphatic heterocycles. The van der Waals surface area contributed by atoms with Gasteiger partial charge in [-0.3, -0.25) is 0 Å². The Balaban J connectivity index is 2.33. The standard InChI is InChI=1S/C14H14BrClN2O2S/c1-18(9-10-4-2-3-5-12(10)15)21(19,20)14-7-6-11(16)8-13(14)17/h2-8H,9,17H2,1H3. The Morgan fingerprint density at radius 3 is 2.52 bits per heavy atom. The molecule has 0 spiro atoms. The average Bonchev–Trinajstić information content (AvgIpc) is 2.40. The van der Waals surface area contributed by atoms with Gasteiger partial charge in [-0.25, -0.2) is 8.42 Å². The molecule has 0 fully saturated rings. The molecule has 0 bridgehead atoms. The molecular weight excluding hydrogens is 376 g/mol. The first kappa shape index (κ1) is 16.3. The number of nitrogens with zero attached hydrogens (tertiary/aromatic N) is 1. The van der Waals surface area contributed by atoms with Gasteiger partial charge < -0.3 is 5.73 Å². The Hall–Kier alpha value is -1.08. The van der Waals surface area contributed by atoms with Crippen molar-refractivity contribution in [3.63, 3.8) is 0 Å². The summed E-state index contributed by atoms with van der Waals surface area (Å²) >= 11 is 9.21. The monoisotopic (exact) mass is 388 g/mol. The predicted molar refractivity (Wildman–Crippen MR) is 88.7 cm³/mol. The van der Waals surface area contributed by atoms with Crippen molar-refractivity contribution in [3.05, 3.63) is 57.5 Å². The van der Waals surface area contributed by atoms with Gasteiger partial charge in [0.05, 0.1) is 5.69 Å². The van der Waals surface area contributed by atoms with Crippen molar-refractivity contribution >= 4 is 43.2 Å². The first-order valence-electron chi connectivity index (χ1n) is 6.07. The van der Waals surface area contributed by atoms with Crippen LogP contribution in [0, 0.1) is 0 Å². The number of hydrogen-bond donors (Lipinski definition) is 1. The fourth-order valence-corrected chi connectivity index (χ4v) is 3.71. The molecule has 4 nitrogen and oxygen atoms in total. The number of rotatable bonds is 4. The van der Waals surface area contributed by atoms with E-state index >= 15 is 0 Å². The van der Waals surface area contributed by atoms with Crippen LogP contribution in [0.15, 0.2) is 51.8 Å². The van der Waals surface area contributed by atoms with Crippen LogP contribution >= 0.6 is 27.5 Å². The minimum atomic E-state index is -3.67. The minimum absolute atomic E-state index is 0.0569. The largest absolute Gasteiger partial charge is 0.398 e. The zero-order chi connectivity index (χ0) is 15.6. The fraction of sp³-hybridized carbons (Fsp3) is 0.143. The number of hydrogen-bond acceptors (Lipinski definition) is 3. The summed E-state index contributed by atoms with van der Waals surface area (Å²) in [7, 11) is -2.16. The topological polar surface area (TPSA) is 63.4 Å². The van der Waals surface area contributed by atoms with E-state index in [0.717, 1.165) is 10.0 Å². The van der Waals surface area contributed by atoms with E-state index in [1.165, 1.54) is 29.6 Å². The maximum Gasteiger partial charge on any atom is 0.245 e. The van der Waals surface area contributed by atoms with Gasteiger partial charge in [-0.05, 0) is 29.8 Å². The summed E-state index contributed by atoms with van der Waals surface area (Å²) in [5.41, 5.74) is 6.78. The quantitative estimate of drug-likeness (QED) is 0.814. The highest BCUT2D eigenvalue weighted by Gasteiger charge is 2.23. The predicted octanol–water partition coefficient (Wildman–Crippen LogP) is 3.51. The lowest BCUT2D eigenvalue weighted by atomic mass is 10.2. The van der Waals surface area contributed by atoms with Crippen molar-refractivity contribution in [2.75, 3.05) is 12.8 Å². The van der Waals surface area contributed by atoms with Gasteiger partial charge in [0.15, 0.2) is 0 Å². The van der Waals surface area contributed by atoms with Crippen LogP contribution in [0.3, 0.4) is 0 Å². The highest BCUT2D eigenvalue weighted by Crippen LogP contribution is 2.26. The summed E-state index contributed by atoms with van der Waals surface area (Å²) < 4.78 is 27.2. The highest BCUT2D eigenvalue weighted by molar-refractivity contribution is 9.10. The highest BCUT2D eigenvalue weighted by atomic mass is 79.9. The molecule has 7 heteroatoms. The van der Waals surface area contributed by atoms with Crippen LogP contribution in [0.5, 0.6) is 0 Å². The second kappa shape index (κ2) is 6.36. The van der Waals surface area contributed by atoms with E-state index in [1.54, 1.807) is 0 Å². The van der Waals surface area contributed by atoms with Gasteiger partial charge in [-0.2, -0.15) is 4.31 Å². The molecule has 21 heavy (non-hydrogen) atoms. The van der Waals surface area contributed by atoms with E-state index in [-0.39, 0.29) is 17.1 Å². The van der Waals surface area contributed by atoms with Crippen LogP contribution in [-0.4, -0.2) is 19.8 Å². The molecule has 0 aliphatic rings. The average molecular weight is 390 g/mol. The van der Waals surface area contributed by atoms with E-state index in [4.69, 9.17) is 17.3 Å². The van der Waals surface area contributed by atoms with E-state index in [9.17, 15) is 8.42 Å². The number of benzene rings is 2. The van der Waals surface area contributed by atoms with Gasteiger partial charge in [0.1, 0.15) is 4.90 Å². The van der Waals surface area contributed by atoms with E-state index < -0.39 is 10.0 Å². The maximum absolute atomic E-state index is 12.6. The SMILES string of the molecule is CN(Cc1ccccc1Br)S(=O)(=O)c1ccc(Cl)cc1N. The Bertz CT molecular complexity index is 765. The summed E-state index contributed by atoms with van der Waals surface area (Å²) in [6.07, 6.45) is 0. The van der Waals surface area contributed by atoms with Gasteiger partial charge >= 0.3 is 0 Å². The van der Waals surface area contributed by atoms with Crippen molar-refractivity contribution in [3.8, 4) is 0 Å². The molecule has 2 N–H and O–H groups in total. The molecule has 2 rings (SSSR count). The molecule has 0 saturated carbocycles. The molecule has 0 aliphatic carbocycles. The number of sulfonamides is 1. The molecule has 0 saturated heterocycles. The Labute approximate surface area is 137 Å². The van der Waals surface area contributed by atoms with E-state index in [1.807, 2.05) is 24.3 Å². The van der Waals surface area contributed by atoms with Crippen LogP contribution in [-0.2, 0) is 16.6 Å². The van der Waals surface area contributed by atoms with Crippen molar-refractivity contribution in [1.29, 1.82) is 0 Å². The third-order valence-electron chi connectivity index (χ3n) is 3.01. The Morgan fingerprint density at radius 1 is 1.24 bits per heavy atom. The normalized spacial score (nSPS) is 11.8. The lowest BCUT2D eigenvalue weighted by Gasteiger charge is -2.19. The van der Waals surface area contributed by atoms with Crippen LogP contribution < -0.4 is 5.73 Å². The van der Waals surface area contributed by atoms with Gasteiger partial charge in [-0.15, -0.1) is 0 Å². The van der Waals surface area contributed by atoms with Crippen molar-refractivity contribution in [2.45, 2.75) is 11.4 Å². The van der Waals surface area contributed by atoms with E-state index in [0.29, 0.717) is 5.02 Å². The fourth-order valence-electron chi connectivity index (χ4n) is 1.87. The van der Waals surface area contributed by atoms with Crippen LogP contribution in [0.1, 0.15) is 5.56 Å². The Kier molecular flexibility index (Phi) is 4.93. The molecule has 112 valence electrons. The van der Waals surface area contributed by atoms with Crippen LogP contribution in [0.4, 0.5) is 5.69 Å². The number of anilines is 1. The van der Waals surface area contributed by atoms with Crippen molar-refractivity contribution in [1.82, 2.24) is 4.31 Å². The molecule has 0 aromatic heterocycles. The van der Waals surface area contributed by atoms with E-state index in [2.05, 4.69) is 15.9 Å². The molecule has 0 unspecified atom stereocenters. The van der Waals surface area contributed by atoms with Crippen LogP contribution in [0.2, 0.25) is 5.02 Å². The summed E-state index contributed by atoms with van der Waals surface area (Å²) in [6.45, 7) is 0.242. The first-order valence-corrected chi connectivity index (χ1v) is 8.68. The molecule has 0 radical (unpaired) electrons. The summed E-state index contributed by atoms with van der Waals surface area (Å²) in [5, 5.41) is 0.403. The van der Waals surface area contributed by atoms with Crippen molar-refractivity contribution < 1.29 is 8.42 Å².